The lowest BCUT2D eigenvalue weighted by molar-refractivity contribution is 0.230. The summed E-state index contributed by atoms with van der Waals surface area (Å²) in [6, 6.07) is 2.50. The normalized spacial score (nSPS) is 24.8. The zero-order chi connectivity index (χ0) is 9.80. The van der Waals surface area contributed by atoms with Gasteiger partial charge in [0.25, 0.3) is 0 Å². The summed E-state index contributed by atoms with van der Waals surface area (Å²) in [5.74, 6) is 0.958. The van der Waals surface area contributed by atoms with Crippen LogP contribution in [0.1, 0.15) is 19.1 Å². The lowest BCUT2D eigenvalue weighted by Gasteiger charge is -2.20. The van der Waals surface area contributed by atoms with E-state index in [4.69, 9.17) is 4.52 Å². The summed E-state index contributed by atoms with van der Waals surface area (Å²) in [4.78, 5) is 2.41. The SMILES string of the molecule is CC1CN(Cc2ccno2)CCCN1. The summed E-state index contributed by atoms with van der Waals surface area (Å²) in [7, 11) is 0. The molecule has 1 N–H and O–H groups in total. The van der Waals surface area contributed by atoms with Gasteiger partial charge in [0, 0.05) is 18.7 Å². The molecule has 4 nitrogen and oxygen atoms in total. The van der Waals surface area contributed by atoms with Crippen molar-refractivity contribution in [2.75, 3.05) is 19.6 Å². The van der Waals surface area contributed by atoms with Crippen molar-refractivity contribution in [3.05, 3.63) is 18.0 Å². The van der Waals surface area contributed by atoms with Crippen molar-refractivity contribution >= 4 is 0 Å². The van der Waals surface area contributed by atoms with Crippen LogP contribution in [0.25, 0.3) is 0 Å². The van der Waals surface area contributed by atoms with Crippen LogP contribution in [-0.4, -0.2) is 35.7 Å². The fourth-order valence-electron chi connectivity index (χ4n) is 1.88. The Morgan fingerprint density at radius 1 is 1.71 bits per heavy atom. The molecule has 0 amide bonds. The second kappa shape index (κ2) is 4.57. The van der Waals surface area contributed by atoms with Gasteiger partial charge in [-0.15, -0.1) is 0 Å². The van der Waals surface area contributed by atoms with Crippen LogP contribution in [0.2, 0.25) is 0 Å². The average molecular weight is 195 g/mol. The number of nitrogens with zero attached hydrogens (tertiary/aromatic N) is 2. The third-order valence-electron chi connectivity index (χ3n) is 2.55. The fraction of sp³-hybridized carbons (Fsp3) is 0.700. The first kappa shape index (κ1) is 9.68. The Bertz CT molecular complexity index is 260. The van der Waals surface area contributed by atoms with Gasteiger partial charge in [0.2, 0.25) is 0 Å². The van der Waals surface area contributed by atoms with E-state index in [1.807, 2.05) is 6.07 Å². The van der Waals surface area contributed by atoms with E-state index in [0.717, 1.165) is 31.9 Å². The minimum atomic E-state index is 0.570. The van der Waals surface area contributed by atoms with Gasteiger partial charge in [-0.2, -0.15) is 0 Å². The molecule has 1 unspecified atom stereocenters. The second-order valence-electron chi connectivity index (χ2n) is 3.92. The molecular formula is C10H17N3O. The minimum absolute atomic E-state index is 0.570. The summed E-state index contributed by atoms with van der Waals surface area (Å²) in [5, 5.41) is 7.18. The molecule has 0 spiro atoms. The van der Waals surface area contributed by atoms with Gasteiger partial charge >= 0.3 is 0 Å². The molecule has 14 heavy (non-hydrogen) atoms. The topological polar surface area (TPSA) is 41.3 Å². The smallest absolute Gasteiger partial charge is 0.150 e. The van der Waals surface area contributed by atoms with E-state index >= 15 is 0 Å². The summed E-state index contributed by atoms with van der Waals surface area (Å²) in [6.45, 7) is 6.44. The molecule has 1 aliphatic heterocycles. The van der Waals surface area contributed by atoms with E-state index in [1.54, 1.807) is 6.20 Å². The Morgan fingerprint density at radius 2 is 2.64 bits per heavy atom. The first-order valence-electron chi connectivity index (χ1n) is 5.20. The first-order chi connectivity index (χ1) is 6.84. The number of aromatic nitrogens is 1. The third-order valence-corrected chi connectivity index (χ3v) is 2.55. The average Bonchev–Trinajstić information content (AvgIpc) is 2.56. The van der Waals surface area contributed by atoms with Crippen LogP contribution in [0.15, 0.2) is 16.8 Å². The molecule has 2 rings (SSSR count). The zero-order valence-electron chi connectivity index (χ0n) is 8.57. The van der Waals surface area contributed by atoms with Gasteiger partial charge in [-0.25, -0.2) is 0 Å². The number of nitrogens with one attached hydrogen (secondary N) is 1. The maximum Gasteiger partial charge on any atom is 0.150 e. The Labute approximate surface area is 84.3 Å². The highest BCUT2D eigenvalue weighted by Gasteiger charge is 2.14. The maximum absolute atomic E-state index is 5.10. The lowest BCUT2D eigenvalue weighted by atomic mass is 10.3. The van der Waals surface area contributed by atoms with Crippen LogP contribution in [0.4, 0.5) is 0 Å². The molecule has 1 fully saturated rings. The highest BCUT2D eigenvalue weighted by atomic mass is 16.5. The van der Waals surface area contributed by atoms with E-state index in [1.165, 1.54) is 6.42 Å². The Hall–Kier alpha value is -0.870. The van der Waals surface area contributed by atoms with E-state index in [-0.39, 0.29) is 0 Å². The Balaban J connectivity index is 1.90. The van der Waals surface area contributed by atoms with Crippen LogP contribution in [0, 0.1) is 0 Å². The molecule has 1 aromatic heterocycles. The molecule has 0 saturated carbocycles. The monoisotopic (exact) mass is 195 g/mol. The van der Waals surface area contributed by atoms with Gasteiger partial charge in [0.05, 0.1) is 12.7 Å². The molecular weight excluding hydrogens is 178 g/mol. The van der Waals surface area contributed by atoms with Crippen LogP contribution in [0.5, 0.6) is 0 Å². The molecule has 1 saturated heterocycles. The van der Waals surface area contributed by atoms with Gasteiger partial charge in [-0.1, -0.05) is 5.16 Å². The standard InChI is InChI=1S/C10H17N3O/c1-9-7-13(6-2-4-11-9)8-10-3-5-12-14-10/h3,5,9,11H,2,4,6-8H2,1H3. The summed E-state index contributed by atoms with van der Waals surface area (Å²) in [5.41, 5.74) is 0. The van der Waals surface area contributed by atoms with Crippen molar-refractivity contribution < 1.29 is 4.52 Å². The van der Waals surface area contributed by atoms with Crippen LogP contribution < -0.4 is 5.32 Å². The molecule has 0 radical (unpaired) electrons. The molecule has 4 heteroatoms. The van der Waals surface area contributed by atoms with E-state index in [9.17, 15) is 0 Å². The Morgan fingerprint density at radius 3 is 3.43 bits per heavy atom. The predicted octanol–water partition coefficient (Wildman–Crippen LogP) is 0.858. The molecule has 0 aromatic carbocycles. The molecule has 0 bridgehead atoms. The number of rotatable bonds is 2. The number of hydrogen-bond acceptors (Lipinski definition) is 4. The molecule has 2 heterocycles. The highest BCUT2D eigenvalue weighted by Crippen LogP contribution is 2.07. The van der Waals surface area contributed by atoms with Crippen LogP contribution in [0.3, 0.4) is 0 Å². The van der Waals surface area contributed by atoms with Gasteiger partial charge in [-0.05, 0) is 26.4 Å². The van der Waals surface area contributed by atoms with E-state index in [0.29, 0.717) is 6.04 Å². The highest BCUT2D eigenvalue weighted by molar-refractivity contribution is 4.93. The fourth-order valence-corrected chi connectivity index (χ4v) is 1.88. The minimum Gasteiger partial charge on any atom is -0.360 e. The van der Waals surface area contributed by atoms with Crippen molar-refractivity contribution in [2.24, 2.45) is 0 Å². The van der Waals surface area contributed by atoms with Crippen LogP contribution >= 0.6 is 0 Å². The van der Waals surface area contributed by atoms with Crippen molar-refractivity contribution in [2.45, 2.75) is 25.9 Å². The van der Waals surface area contributed by atoms with Crippen molar-refractivity contribution in [1.82, 2.24) is 15.4 Å². The largest absolute Gasteiger partial charge is 0.360 e. The summed E-state index contributed by atoms with van der Waals surface area (Å²) < 4.78 is 5.10. The zero-order valence-corrected chi connectivity index (χ0v) is 8.57. The van der Waals surface area contributed by atoms with Gasteiger partial charge in [0.1, 0.15) is 0 Å². The second-order valence-corrected chi connectivity index (χ2v) is 3.92. The van der Waals surface area contributed by atoms with Crippen molar-refractivity contribution in [3.63, 3.8) is 0 Å². The summed E-state index contributed by atoms with van der Waals surface area (Å²) >= 11 is 0. The lowest BCUT2D eigenvalue weighted by Crippen LogP contribution is -2.34. The van der Waals surface area contributed by atoms with Crippen molar-refractivity contribution in [3.8, 4) is 0 Å². The summed E-state index contributed by atoms with van der Waals surface area (Å²) in [6.07, 6.45) is 2.91. The molecule has 78 valence electrons. The van der Waals surface area contributed by atoms with Gasteiger partial charge in [-0.3, -0.25) is 4.90 Å². The van der Waals surface area contributed by atoms with Crippen molar-refractivity contribution in [1.29, 1.82) is 0 Å². The molecule has 1 aromatic rings. The maximum atomic E-state index is 5.10. The molecule has 1 atom stereocenters. The predicted molar refractivity (Wildman–Crippen MR) is 53.9 cm³/mol. The third kappa shape index (κ3) is 2.56. The van der Waals surface area contributed by atoms with E-state index < -0.39 is 0 Å². The van der Waals surface area contributed by atoms with Crippen LogP contribution in [-0.2, 0) is 6.54 Å². The Kier molecular flexibility index (Phi) is 3.16. The van der Waals surface area contributed by atoms with Gasteiger partial charge < -0.3 is 9.84 Å². The first-order valence-corrected chi connectivity index (χ1v) is 5.20. The molecule has 0 aliphatic carbocycles. The number of hydrogen-bond donors (Lipinski definition) is 1. The quantitative estimate of drug-likeness (QED) is 0.760. The van der Waals surface area contributed by atoms with E-state index in [2.05, 4.69) is 22.3 Å². The van der Waals surface area contributed by atoms with Gasteiger partial charge in [0.15, 0.2) is 5.76 Å². The molecule has 1 aliphatic rings.